The van der Waals surface area contributed by atoms with Crippen LogP contribution in [0.15, 0.2) is 31.0 Å². The SMILES string of the molecule is Cc1ncc(CC(=O)N2CCC(Oc3ncc(-c4cnn(C)c4)cn3)CC2)s1. The summed E-state index contributed by atoms with van der Waals surface area (Å²) >= 11 is 1.58. The summed E-state index contributed by atoms with van der Waals surface area (Å²) in [6, 6.07) is 0.373. The molecule has 1 aliphatic heterocycles. The van der Waals surface area contributed by atoms with Crippen molar-refractivity contribution in [2.24, 2.45) is 7.05 Å². The summed E-state index contributed by atoms with van der Waals surface area (Å²) in [4.78, 5) is 28.2. The van der Waals surface area contributed by atoms with Gasteiger partial charge in [-0.2, -0.15) is 5.10 Å². The average molecular weight is 398 g/mol. The van der Waals surface area contributed by atoms with E-state index in [9.17, 15) is 4.79 Å². The Kier molecular flexibility index (Phi) is 5.34. The van der Waals surface area contributed by atoms with Crippen molar-refractivity contribution in [3.05, 3.63) is 40.9 Å². The van der Waals surface area contributed by atoms with Gasteiger partial charge in [-0.25, -0.2) is 15.0 Å². The van der Waals surface area contributed by atoms with E-state index >= 15 is 0 Å². The molecule has 0 atom stereocenters. The third-order valence-electron chi connectivity index (χ3n) is 4.73. The number of piperidine rings is 1. The molecule has 0 aromatic carbocycles. The summed E-state index contributed by atoms with van der Waals surface area (Å²) < 4.78 is 7.65. The summed E-state index contributed by atoms with van der Waals surface area (Å²) in [6.07, 6.45) is 11.0. The maximum atomic E-state index is 12.4. The van der Waals surface area contributed by atoms with E-state index in [0.717, 1.165) is 33.9 Å². The number of hydrogen-bond donors (Lipinski definition) is 0. The van der Waals surface area contributed by atoms with Gasteiger partial charge in [0.1, 0.15) is 6.10 Å². The highest BCUT2D eigenvalue weighted by atomic mass is 32.1. The number of amides is 1. The molecule has 0 unspecified atom stereocenters. The molecule has 0 aliphatic carbocycles. The van der Waals surface area contributed by atoms with Crippen molar-refractivity contribution >= 4 is 17.2 Å². The maximum absolute atomic E-state index is 12.4. The first kappa shape index (κ1) is 18.5. The minimum absolute atomic E-state index is 0.0268. The fraction of sp³-hybridized carbons (Fsp3) is 0.421. The number of ether oxygens (including phenoxy) is 1. The van der Waals surface area contributed by atoms with Crippen molar-refractivity contribution in [2.45, 2.75) is 32.3 Å². The Morgan fingerprint density at radius 2 is 1.89 bits per heavy atom. The summed E-state index contributed by atoms with van der Waals surface area (Å²) in [7, 11) is 1.87. The van der Waals surface area contributed by atoms with Crippen LogP contribution in [-0.4, -0.2) is 54.7 Å². The summed E-state index contributed by atoms with van der Waals surface area (Å²) in [6.45, 7) is 3.33. The number of aromatic nitrogens is 5. The minimum Gasteiger partial charge on any atom is -0.460 e. The highest BCUT2D eigenvalue weighted by Gasteiger charge is 2.25. The van der Waals surface area contributed by atoms with Crippen LogP contribution in [-0.2, 0) is 18.3 Å². The van der Waals surface area contributed by atoms with Gasteiger partial charge in [0.05, 0.1) is 17.6 Å². The van der Waals surface area contributed by atoms with Crippen LogP contribution < -0.4 is 4.74 Å². The fourth-order valence-electron chi connectivity index (χ4n) is 3.22. The van der Waals surface area contributed by atoms with Crippen LogP contribution in [0, 0.1) is 6.92 Å². The van der Waals surface area contributed by atoms with Gasteiger partial charge in [-0.3, -0.25) is 9.48 Å². The van der Waals surface area contributed by atoms with E-state index in [1.807, 2.05) is 25.1 Å². The third kappa shape index (κ3) is 4.36. The van der Waals surface area contributed by atoms with Crippen LogP contribution in [0.2, 0.25) is 0 Å². The second kappa shape index (κ2) is 8.05. The number of likely N-dealkylation sites (tertiary alicyclic amines) is 1. The van der Waals surface area contributed by atoms with E-state index in [4.69, 9.17) is 4.74 Å². The minimum atomic E-state index is 0.0268. The smallest absolute Gasteiger partial charge is 0.316 e. The van der Waals surface area contributed by atoms with Crippen molar-refractivity contribution < 1.29 is 9.53 Å². The van der Waals surface area contributed by atoms with Gasteiger partial charge in [0.15, 0.2) is 0 Å². The van der Waals surface area contributed by atoms with Crippen molar-refractivity contribution in [2.75, 3.05) is 13.1 Å². The fourth-order valence-corrected chi connectivity index (χ4v) is 4.00. The van der Waals surface area contributed by atoms with E-state index in [0.29, 0.717) is 25.5 Å². The number of thiazole rings is 1. The van der Waals surface area contributed by atoms with Crippen LogP contribution in [0.25, 0.3) is 11.1 Å². The summed E-state index contributed by atoms with van der Waals surface area (Å²) in [5.41, 5.74) is 1.87. The van der Waals surface area contributed by atoms with E-state index in [2.05, 4.69) is 20.1 Å². The molecule has 0 saturated carbocycles. The van der Waals surface area contributed by atoms with Crippen molar-refractivity contribution in [3.63, 3.8) is 0 Å². The van der Waals surface area contributed by atoms with Gasteiger partial charge in [-0.05, 0) is 6.92 Å². The van der Waals surface area contributed by atoms with Gasteiger partial charge >= 0.3 is 6.01 Å². The molecule has 0 bridgehead atoms. The summed E-state index contributed by atoms with van der Waals surface area (Å²) in [5.74, 6) is 0.152. The molecule has 3 aromatic heterocycles. The highest BCUT2D eigenvalue weighted by molar-refractivity contribution is 7.11. The van der Waals surface area contributed by atoms with Crippen LogP contribution in [0.1, 0.15) is 22.7 Å². The average Bonchev–Trinajstić information content (AvgIpc) is 3.31. The molecular formula is C19H22N6O2S. The lowest BCUT2D eigenvalue weighted by Crippen LogP contribution is -2.42. The Bertz CT molecular complexity index is 944. The van der Waals surface area contributed by atoms with Crippen LogP contribution in [0.3, 0.4) is 0 Å². The molecular weight excluding hydrogens is 376 g/mol. The molecule has 4 heterocycles. The monoisotopic (exact) mass is 398 g/mol. The van der Waals surface area contributed by atoms with Crippen molar-refractivity contribution in [1.82, 2.24) is 29.6 Å². The Balaban J connectivity index is 1.27. The second-order valence-corrected chi connectivity index (χ2v) is 8.20. The number of rotatable bonds is 5. The van der Waals surface area contributed by atoms with Gasteiger partial charge in [-0.1, -0.05) is 0 Å². The molecule has 1 aliphatic rings. The molecule has 1 fully saturated rings. The molecule has 8 nitrogen and oxygen atoms in total. The van der Waals surface area contributed by atoms with Gasteiger partial charge in [0.2, 0.25) is 5.91 Å². The van der Waals surface area contributed by atoms with Crippen molar-refractivity contribution in [3.8, 4) is 17.1 Å². The molecule has 146 valence electrons. The van der Waals surface area contributed by atoms with Gasteiger partial charge in [-0.15, -0.1) is 11.3 Å². The number of aryl methyl sites for hydroxylation is 2. The third-order valence-corrected chi connectivity index (χ3v) is 5.64. The molecule has 28 heavy (non-hydrogen) atoms. The van der Waals surface area contributed by atoms with Crippen LogP contribution in [0.5, 0.6) is 6.01 Å². The van der Waals surface area contributed by atoms with Gasteiger partial charge < -0.3 is 9.64 Å². The molecule has 1 amide bonds. The van der Waals surface area contributed by atoms with E-state index < -0.39 is 0 Å². The predicted octanol–water partition coefficient (Wildman–Crippen LogP) is 2.25. The normalized spacial score (nSPS) is 15.0. The lowest BCUT2D eigenvalue weighted by Gasteiger charge is -2.31. The zero-order valence-corrected chi connectivity index (χ0v) is 16.7. The largest absolute Gasteiger partial charge is 0.460 e. The highest BCUT2D eigenvalue weighted by Crippen LogP contribution is 2.21. The molecule has 4 rings (SSSR count). The zero-order chi connectivity index (χ0) is 19.5. The Hall–Kier alpha value is -2.81. The van der Waals surface area contributed by atoms with E-state index in [-0.39, 0.29) is 12.0 Å². The van der Waals surface area contributed by atoms with E-state index in [1.54, 1.807) is 40.8 Å². The molecule has 0 N–H and O–H groups in total. The lowest BCUT2D eigenvalue weighted by molar-refractivity contribution is -0.132. The van der Waals surface area contributed by atoms with Crippen LogP contribution in [0.4, 0.5) is 0 Å². The zero-order valence-electron chi connectivity index (χ0n) is 15.9. The molecule has 0 spiro atoms. The predicted molar refractivity (Wildman–Crippen MR) is 105 cm³/mol. The summed E-state index contributed by atoms with van der Waals surface area (Å²) in [5, 5.41) is 5.14. The first-order valence-electron chi connectivity index (χ1n) is 9.23. The Morgan fingerprint density at radius 3 is 2.50 bits per heavy atom. The van der Waals surface area contributed by atoms with Crippen LogP contribution >= 0.6 is 11.3 Å². The number of hydrogen-bond acceptors (Lipinski definition) is 7. The Labute approximate surface area is 167 Å². The molecule has 0 radical (unpaired) electrons. The van der Waals surface area contributed by atoms with Gasteiger partial charge in [0, 0.05) is 73.8 Å². The quantitative estimate of drug-likeness (QED) is 0.655. The molecule has 1 saturated heterocycles. The first-order valence-corrected chi connectivity index (χ1v) is 10.1. The molecule has 3 aromatic rings. The number of carbonyl (C=O) groups excluding carboxylic acids is 1. The van der Waals surface area contributed by atoms with Gasteiger partial charge in [0.25, 0.3) is 0 Å². The number of carbonyl (C=O) groups is 1. The topological polar surface area (TPSA) is 86.0 Å². The molecule has 9 heteroatoms. The standard InChI is InChI=1S/C19H22N6O2S/c1-13-20-11-17(28-13)7-18(26)25-5-3-16(4-6-25)27-19-21-8-14(9-22-19)15-10-23-24(2)12-15/h8-12,16H,3-7H2,1-2H3. The number of nitrogens with zero attached hydrogens (tertiary/aromatic N) is 6. The van der Waals surface area contributed by atoms with E-state index in [1.165, 1.54) is 0 Å². The van der Waals surface area contributed by atoms with Crippen molar-refractivity contribution in [1.29, 1.82) is 0 Å². The lowest BCUT2D eigenvalue weighted by atomic mass is 10.1. The first-order chi connectivity index (χ1) is 13.6. The Morgan fingerprint density at radius 1 is 1.14 bits per heavy atom. The second-order valence-electron chi connectivity index (χ2n) is 6.88. The maximum Gasteiger partial charge on any atom is 0.316 e.